The summed E-state index contributed by atoms with van der Waals surface area (Å²) in [7, 11) is 0. The van der Waals surface area contributed by atoms with E-state index >= 15 is 0 Å². The van der Waals surface area contributed by atoms with Crippen molar-refractivity contribution >= 4 is 39.9 Å². The maximum absolute atomic E-state index is 14.2. The highest BCUT2D eigenvalue weighted by molar-refractivity contribution is 6.33. The van der Waals surface area contributed by atoms with Crippen molar-refractivity contribution in [3.8, 4) is 16.9 Å². The van der Waals surface area contributed by atoms with Crippen molar-refractivity contribution in [2.24, 2.45) is 5.41 Å². The first-order valence-corrected chi connectivity index (χ1v) is 14.5. The summed E-state index contributed by atoms with van der Waals surface area (Å²) in [5.41, 5.74) is 6.48. The van der Waals surface area contributed by atoms with E-state index in [0.717, 1.165) is 84.7 Å². The van der Waals surface area contributed by atoms with Gasteiger partial charge in [0, 0.05) is 43.5 Å². The molecule has 2 fully saturated rings. The third-order valence-electron chi connectivity index (χ3n) is 8.51. The number of carbonyl (C=O) groups excluding carboxylic acids is 1. The number of aromatic nitrogens is 5. The molecule has 42 heavy (non-hydrogen) atoms. The molecule has 7 rings (SSSR count). The molecule has 216 valence electrons. The normalized spacial score (nSPS) is 17.0. The van der Waals surface area contributed by atoms with E-state index in [2.05, 4.69) is 37.8 Å². The number of pyridine rings is 2. The topological polar surface area (TPSA) is 104 Å². The van der Waals surface area contributed by atoms with Gasteiger partial charge in [-0.1, -0.05) is 17.7 Å². The van der Waals surface area contributed by atoms with Crippen LogP contribution in [0.15, 0.2) is 55.0 Å². The number of benzene rings is 1. The van der Waals surface area contributed by atoms with E-state index in [9.17, 15) is 9.18 Å². The fraction of sp³-hybridized carbons (Fsp3) is 0.333. The first-order chi connectivity index (χ1) is 20.4. The van der Waals surface area contributed by atoms with Crippen LogP contribution < -0.4 is 15.1 Å². The Kier molecular flexibility index (Phi) is 6.70. The SMILES string of the molecule is CCOc1cc(-c2ccc(N3CCC4(CCN(NC(=O)c5c(F)cccc5Cl)C4)CC3)nc2)c2c3cn[nH]c3nn2c1. The Morgan fingerprint density at radius 2 is 2.00 bits per heavy atom. The maximum atomic E-state index is 14.2. The molecule has 6 heterocycles. The summed E-state index contributed by atoms with van der Waals surface area (Å²) in [4.78, 5) is 19.9. The van der Waals surface area contributed by atoms with E-state index in [1.54, 1.807) is 6.20 Å². The number of H-pyrrole nitrogens is 1. The Morgan fingerprint density at radius 3 is 2.76 bits per heavy atom. The summed E-state index contributed by atoms with van der Waals surface area (Å²) < 4.78 is 21.9. The van der Waals surface area contributed by atoms with Crippen LogP contribution in [-0.4, -0.2) is 68.5 Å². The number of halogens is 2. The maximum Gasteiger partial charge on any atom is 0.270 e. The zero-order valence-electron chi connectivity index (χ0n) is 23.1. The number of aromatic amines is 1. The second kappa shape index (κ2) is 10.6. The van der Waals surface area contributed by atoms with Gasteiger partial charge in [-0.25, -0.2) is 18.9 Å². The fourth-order valence-electron chi connectivity index (χ4n) is 6.30. The lowest BCUT2D eigenvalue weighted by molar-refractivity contribution is 0.0794. The number of ether oxygens (including phenoxy) is 1. The molecule has 5 aromatic rings. The van der Waals surface area contributed by atoms with Crippen LogP contribution in [0, 0.1) is 11.2 Å². The van der Waals surface area contributed by atoms with Crippen LogP contribution in [0.5, 0.6) is 5.75 Å². The molecular weight excluding hydrogens is 559 g/mol. The molecule has 0 unspecified atom stereocenters. The summed E-state index contributed by atoms with van der Waals surface area (Å²) in [6.45, 7) is 5.71. The van der Waals surface area contributed by atoms with Crippen molar-refractivity contribution in [1.82, 2.24) is 35.2 Å². The molecule has 2 aliphatic heterocycles. The van der Waals surface area contributed by atoms with Gasteiger partial charge in [0.15, 0.2) is 5.65 Å². The number of piperidine rings is 1. The predicted molar refractivity (Wildman–Crippen MR) is 158 cm³/mol. The predicted octanol–water partition coefficient (Wildman–Crippen LogP) is 5.10. The van der Waals surface area contributed by atoms with E-state index in [4.69, 9.17) is 21.3 Å². The molecule has 2 N–H and O–H groups in total. The Morgan fingerprint density at radius 1 is 1.17 bits per heavy atom. The number of hydrogen-bond donors (Lipinski definition) is 2. The molecule has 1 spiro atoms. The lowest BCUT2D eigenvalue weighted by atomic mass is 9.78. The van der Waals surface area contributed by atoms with Gasteiger partial charge in [-0.15, -0.1) is 5.10 Å². The van der Waals surface area contributed by atoms with Crippen molar-refractivity contribution in [3.05, 3.63) is 71.4 Å². The molecule has 1 aromatic carbocycles. The second-order valence-corrected chi connectivity index (χ2v) is 11.5. The third-order valence-corrected chi connectivity index (χ3v) is 8.82. The fourth-order valence-corrected chi connectivity index (χ4v) is 6.55. The van der Waals surface area contributed by atoms with Gasteiger partial charge < -0.3 is 9.64 Å². The van der Waals surface area contributed by atoms with Gasteiger partial charge in [0.2, 0.25) is 0 Å². The van der Waals surface area contributed by atoms with Crippen LogP contribution in [0.3, 0.4) is 0 Å². The van der Waals surface area contributed by atoms with Crippen molar-refractivity contribution in [2.45, 2.75) is 26.2 Å². The molecule has 0 atom stereocenters. The molecule has 4 aromatic heterocycles. The number of hydrogen-bond acceptors (Lipinski definition) is 7. The average Bonchev–Trinajstić information content (AvgIpc) is 3.69. The van der Waals surface area contributed by atoms with E-state index in [-0.39, 0.29) is 16.0 Å². The zero-order chi connectivity index (χ0) is 28.8. The standard InChI is InChI=1S/C30H30ClFN8O2/c1-2-42-20-14-21(27-22-16-34-35-28(22)36-40(27)17-20)19-6-7-25(33-15-19)38-11-8-30(9-12-38)10-13-39(18-30)37-29(41)26-23(31)4-3-5-24(26)32/h3-7,14-17H,2,8-13,18H2,1H3,(H,35,36)(H,37,41). The smallest absolute Gasteiger partial charge is 0.270 e. The minimum atomic E-state index is -0.618. The number of nitrogens with one attached hydrogen (secondary N) is 2. The van der Waals surface area contributed by atoms with Crippen LogP contribution in [-0.2, 0) is 0 Å². The van der Waals surface area contributed by atoms with Crippen molar-refractivity contribution < 1.29 is 13.9 Å². The molecule has 10 nitrogen and oxygen atoms in total. The Hall–Kier alpha value is -4.22. The Balaban J connectivity index is 1.04. The number of amides is 1. The summed E-state index contributed by atoms with van der Waals surface area (Å²) >= 11 is 6.09. The van der Waals surface area contributed by atoms with E-state index < -0.39 is 11.7 Å². The highest BCUT2D eigenvalue weighted by Crippen LogP contribution is 2.41. The van der Waals surface area contributed by atoms with Crippen LogP contribution in [0.25, 0.3) is 27.7 Å². The molecule has 2 aliphatic rings. The number of fused-ring (bicyclic) bond motifs is 3. The zero-order valence-corrected chi connectivity index (χ0v) is 23.9. The lowest BCUT2D eigenvalue weighted by Crippen LogP contribution is -2.45. The lowest BCUT2D eigenvalue weighted by Gasteiger charge is -2.39. The van der Waals surface area contributed by atoms with Gasteiger partial charge in [0.1, 0.15) is 17.4 Å². The molecule has 0 radical (unpaired) electrons. The number of carbonyl (C=O) groups is 1. The van der Waals surface area contributed by atoms with Gasteiger partial charge in [0.05, 0.1) is 40.5 Å². The highest BCUT2D eigenvalue weighted by Gasteiger charge is 2.41. The monoisotopic (exact) mass is 588 g/mol. The second-order valence-electron chi connectivity index (χ2n) is 11.0. The van der Waals surface area contributed by atoms with Gasteiger partial charge in [-0.3, -0.25) is 15.3 Å². The molecule has 0 aliphatic carbocycles. The van der Waals surface area contributed by atoms with Gasteiger partial charge >= 0.3 is 0 Å². The molecule has 0 saturated carbocycles. The summed E-state index contributed by atoms with van der Waals surface area (Å²) in [6, 6.07) is 10.5. The van der Waals surface area contributed by atoms with Gasteiger partial charge in [-0.05, 0) is 61.9 Å². The molecule has 12 heteroatoms. The Bertz CT molecular complexity index is 1760. The van der Waals surface area contributed by atoms with Gasteiger partial charge in [-0.2, -0.15) is 5.10 Å². The summed E-state index contributed by atoms with van der Waals surface area (Å²) in [6.07, 6.45) is 8.51. The molecular formula is C30H30ClFN8O2. The quantitative estimate of drug-likeness (QED) is 0.284. The number of anilines is 1. The first-order valence-electron chi connectivity index (χ1n) is 14.1. The van der Waals surface area contributed by atoms with E-state index in [0.29, 0.717) is 6.61 Å². The summed E-state index contributed by atoms with van der Waals surface area (Å²) in [5, 5.41) is 14.7. The van der Waals surface area contributed by atoms with E-state index in [1.807, 2.05) is 34.9 Å². The van der Waals surface area contributed by atoms with Crippen LogP contribution >= 0.6 is 11.6 Å². The van der Waals surface area contributed by atoms with Crippen LogP contribution in [0.4, 0.5) is 10.2 Å². The van der Waals surface area contributed by atoms with Crippen molar-refractivity contribution in [3.63, 3.8) is 0 Å². The van der Waals surface area contributed by atoms with Crippen LogP contribution in [0.1, 0.15) is 36.5 Å². The number of rotatable bonds is 6. The molecule has 2 saturated heterocycles. The molecule has 1 amide bonds. The highest BCUT2D eigenvalue weighted by atomic mass is 35.5. The van der Waals surface area contributed by atoms with Gasteiger partial charge in [0.25, 0.3) is 5.91 Å². The van der Waals surface area contributed by atoms with Crippen LogP contribution in [0.2, 0.25) is 5.02 Å². The molecule has 0 bridgehead atoms. The first kappa shape index (κ1) is 26.7. The van der Waals surface area contributed by atoms with Crippen molar-refractivity contribution in [2.75, 3.05) is 37.7 Å². The third kappa shape index (κ3) is 4.72. The Labute approximate surface area is 246 Å². The minimum absolute atomic E-state index is 0.103. The summed E-state index contributed by atoms with van der Waals surface area (Å²) in [5.74, 6) is 0.546. The van der Waals surface area contributed by atoms with E-state index in [1.165, 1.54) is 18.2 Å². The average molecular weight is 589 g/mol. The minimum Gasteiger partial charge on any atom is -0.492 e. The number of hydrazine groups is 1. The van der Waals surface area contributed by atoms with Crippen molar-refractivity contribution in [1.29, 1.82) is 0 Å². The number of nitrogens with zero attached hydrogens (tertiary/aromatic N) is 6. The largest absolute Gasteiger partial charge is 0.492 e.